The molecule has 1 unspecified atom stereocenters. The smallest absolute Gasteiger partial charge is 0.0529 e. The Labute approximate surface area is 95.7 Å². The van der Waals surface area contributed by atoms with Crippen LogP contribution in [0.2, 0.25) is 0 Å². The maximum Gasteiger partial charge on any atom is 0.0529 e. The molecule has 0 aromatic carbocycles. The SMILES string of the molecule is CC(NN1CCN(C)CC1)c1cccs1. The molecule has 84 valence electrons. The minimum atomic E-state index is 0.438. The monoisotopic (exact) mass is 225 g/mol. The first kappa shape index (κ1) is 11.1. The van der Waals surface area contributed by atoms with Crippen LogP contribution in [0.15, 0.2) is 17.5 Å². The lowest BCUT2D eigenvalue weighted by atomic mass is 10.3. The van der Waals surface area contributed by atoms with E-state index in [4.69, 9.17) is 0 Å². The van der Waals surface area contributed by atoms with Crippen LogP contribution in [0.5, 0.6) is 0 Å². The predicted molar refractivity (Wildman–Crippen MR) is 64.9 cm³/mol. The highest BCUT2D eigenvalue weighted by molar-refractivity contribution is 7.10. The maximum absolute atomic E-state index is 3.56. The Morgan fingerprint density at radius 3 is 2.67 bits per heavy atom. The van der Waals surface area contributed by atoms with E-state index in [0.29, 0.717) is 6.04 Å². The van der Waals surface area contributed by atoms with Crippen LogP contribution in [-0.4, -0.2) is 43.1 Å². The number of hydrogen-bond donors (Lipinski definition) is 1. The largest absolute Gasteiger partial charge is 0.304 e. The van der Waals surface area contributed by atoms with Gasteiger partial charge in [-0.05, 0) is 25.4 Å². The number of nitrogens with zero attached hydrogens (tertiary/aromatic N) is 2. The van der Waals surface area contributed by atoms with Gasteiger partial charge < -0.3 is 4.90 Å². The Kier molecular flexibility index (Phi) is 3.75. The fourth-order valence-electron chi connectivity index (χ4n) is 1.81. The molecule has 1 saturated heterocycles. The second kappa shape index (κ2) is 5.07. The molecule has 4 heteroatoms. The summed E-state index contributed by atoms with van der Waals surface area (Å²) in [5, 5.41) is 4.47. The number of rotatable bonds is 3. The van der Waals surface area contributed by atoms with Gasteiger partial charge in [-0.3, -0.25) is 0 Å². The van der Waals surface area contributed by atoms with Crippen molar-refractivity contribution in [2.45, 2.75) is 13.0 Å². The van der Waals surface area contributed by atoms with E-state index in [1.54, 1.807) is 0 Å². The first-order valence-electron chi connectivity index (χ1n) is 5.49. The second-order valence-electron chi connectivity index (χ2n) is 4.16. The lowest BCUT2D eigenvalue weighted by Crippen LogP contribution is -2.51. The average Bonchev–Trinajstić information content (AvgIpc) is 2.74. The van der Waals surface area contributed by atoms with Crippen molar-refractivity contribution in [2.24, 2.45) is 0 Å². The van der Waals surface area contributed by atoms with E-state index in [1.165, 1.54) is 4.88 Å². The first-order valence-corrected chi connectivity index (χ1v) is 6.37. The average molecular weight is 225 g/mol. The summed E-state index contributed by atoms with van der Waals surface area (Å²) < 4.78 is 0. The molecule has 1 atom stereocenters. The van der Waals surface area contributed by atoms with Crippen molar-refractivity contribution < 1.29 is 0 Å². The Balaban J connectivity index is 1.82. The van der Waals surface area contributed by atoms with E-state index >= 15 is 0 Å². The van der Waals surface area contributed by atoms with E-state index in [2.05, 4.69) is 46.8 Å². The zero-order valence-electron chi connectivity index (χ0n) is 9.44. The van der Waals surface area contributed by atoms with Gasteiger partial charge in [-0.15, -0.1) is 11.3 Å². The van der Waals surface area contributed by atoms with Gasteiger partial charge in [0.15, 0.2) is 0 Å². The fraction of sp³-hybridized carbons (Fsp3) is 0.636. The highest BCUT2D eigenvalue weighted by Gasteiger charge is 2.16. The van der Waals surface area contributed by atoms with Crippen molar-refractivity contribution in [3.63, 3.8) is 0 Å². The van der Waals surface area contributed by atoms with E-state index in [-0.39, 0.29) is 0 Å². The van der Waals surface area contributed by atoms with Gasteiger partial charge >= 0.3 is 0 Å². The van der Waals surface area contributed by atoms with Crippen LogP contribution < -0.4 is 5.43 Å². The molecule has 2 heterocycles. The lowest BCUT2D eigenvalue weighted by Gasteiger charge is -2.34. The van der Waals surface area contributed by atoms with Crippen LogP contribution in [0.25, 0.3) is 0 Å². The molecule has 3 nitrogen and oxygen atoms in total. The summed E-state index contributed by atoms with van der Waals surface area (Å²) in [6.07, 6.45) is 0. The van der Waals surface area contributed by atoms with Crippen molar-refractivity contribution in [1.82, 2.24) is 15.3 Å². The molecular formula is C11H19N3S. The normalized spacial score (nSPS) is 21.7. The first-order chi connectivity index (χ1) is 7.25. The maximum atomic E-state index is 3.56. The summed E-state index contributed by atoms with van der Waals surface area (Å²) in [4.78, 5) is 3.78. The number of hydrogen-bond acceptors (Lipinski definition) is 4. The minimum Gasteiger partial charge on any atom is -0.304 e. The van der Waals surface area contributed by atoms with Gasteiger partial charge in [0.05, 0.1) is 6.04 Å². The van der Waals surface area contributed by atoms with Crippen molar-refractivity contribution in [3.05, 3.63) is 22.4 Å². The quantitative estimate of drug-likeness (QED) is 0.842. The molecule has 1 aliphatic heterocycles. The summed E-state index contributed by atoms with van der Waals surface area (Å²) in [5.74, 6) is 0. The fourth-order valence-corrected chi connectivity index (χ4v) is 2.54. The molecule has 0 bridgehead atoms. The lowest BCUT2D eigenvalue weighted by molar-refractivity contribution is 0.0905. The van der Waals surface area contributed by atoms with Gasteiger partial charge in [0.2, 0.25) is 0 Å². The number of hydrazine groups is 1. The number of thiophene rings is 1. The molecule has 0 radical (unpaired) electrons. The molecule has 0 aliphatic carbocycles. The third-order valence-corrected chi connectivity index (χ3v) is 3.90. The van der Waals surface area contributed by atoms with Crippen LogP contribution in [0.1, 0.15) is 17.8 Å². The van der Waals surface area contributed by atoms with Gasteiger partial charge in [-0.2, -0.15) is 0 Å². The Morgan fingerprint density at radius 2 is 2.07 bits per heavy atom. The number of likely N-dealkylation sites (N-methyl/N-ethyl adjacent to an activating group) is 1. The molecule has 1 fully saturated rings. The van der Waals surface area contributed by atoms with Gasteiger partial charge in [-0.1, -0.05) is 6.07 Å². The summed E-state index contributed by atoms with van der Waals surface area (Å²) in [5.41, 5.74) is 3.56. The highest BCUT2D eigenvalue weighted by atomic mass is 32.1. The van der Waals surface area contributed by atoms with E-state index in [0.717, 1.165) is 26.2 Å². The molecule has 2 rings (SSSR count). The number of nitrogens with one attached hydrogen (secondary N) is 1. The van der Waals surface area contributed by atoms with Crippen molar-refractivity contribution in [3.8, 4) is 0 Å². The van der Waals surface area contributed by atoms with Gasteiger partial charge in [0.1, 0.15) is 0 Å². The van der Waals surface area contributed by atoms with Crippen molar-refractivity contribution in [2.75, 3.05) is 33.2 Å². The second-order valence-corrected chi connectivity index (χ2v) is 5.14. The van der Waals surface area contributed by atoms with Gasteiger partial charge in [-0.25, -0.2) is 10.4 Å². The molecule has 0 amide bonds. The minimum absolute atomic E-state index is 0.438. The molecule has 1 N–H and O–H groups in total. The summed E-state index contributed by atoms with van der Waals surface area (Å²) in [6, 6.07) is 4.74. The van der Waals surface area contributed by atoms with Gasteiger partial charge in [0, 0.05) is 31.1 Å². The van der Waals surface area contributed by atoms with Crippen LogP contribution in [-0.2, 0) is 0 Å². The highest BCUT2D eigenvalue weighted by Crippen LogP contribution is 2.18. The standard InChI is InChI=1S/C11H19N3S/c1-10(11-4-3-9-15-11)12-14-7-5-13(2)6-8-14/h3-4,9-10,12H,5-8H2,1-2H3. The summed E-state index contributed by atoms with van der Waals surface area (Å²) in [7, 11) is 2.18. The Hall–Kier alpha value is -0.420. The molecule has 0 spiro atoms. The Bertz CT molecular complexity index is 278. The predicted octanol–water partition coefficient (Wildman–Crippen LogP) is 1.56. The van der Waals surface area contributed by atoms with Crippen molar-refractivity contribution in [1.29, 1.82) is 0 Å². The molecule has 1 aromatic rings. The Morgan fingerprint density at radius 1 is 1.33 bits per heavy atom. The van der Waals surface area contributed by atoms with E-state index < -0.39 is 0 Å². The summed E-state index contributed by atoms with van der Waals surface area (Å²) in [6.45, 7) is 6.77. The van der Waals surface area contributed by atoms with Crippen molar-refractivity contribution >= 4 is 11.3 Å². The third kappa shape index (κ3) is 3.01. The zero-order chi connectivity index (χ0) is 10.7. The molecule has 15 heavy (non-hydrogen) atoms. The van der Waals surface area contributed by atoms with Crippen LogP contribution in [0.4, 0.5) is 0 Å². The topological polar surface area (TPSA) is 18.5 Å². The van der Waals surface area contributed by atoms with Crippen LogP contribution >= 0.6 is 11.3 Å². The van der Waals surface area contributed by atoms with Gasteiger partial charge in [0.25, 0.3) is 0 Å². The zero-order valence-corrected chi connectivity index (χ0v) is 10.3. The molecule has 1 aromatic heterocycles. The molecule has 0 saturated carbocycles. The molecular weight excluding hydrogens is 206 g/mol. The third-order valence-electron chi connectivity index (χ3n) is 2.85. The van der Waals surface area contributed by atoms with Crippen LogP contribution in [0.3, 0.4) is 0 Å². The van der Waals surface area contributed by atoms with Crippen LogP contribution in [0, 0.1) is 0 Å². The summed E-state index contributed by atoms with van der Waals surface area (Å²) >= 11 is 1.82. The number of piperazine rings is 1. The van der Waals surface area contributed by atoms with E-state index in [9.17, 15) is 0 Å². The molecule has 1 aliphatic rings. The van der Waals surface area contributed by atoms with E-state index in [1.807, 2.05) is 11.3 Å².